The zero-order chi connectivity index (χ0) is 9.26. The maximum atomic E-state index is 4.39. The van der Waals surface area contributed by atoms with E-state index in [9.17, 15) is 0 Å². The van der Waals surface area contributed by atoms with Crippen molar-refractivity contribution in [2.24, 2.45) is 0 Å². The molecule has 3 nitrogen and oxygen atoms in total. The number of pyridine rings is 1. The lowest BCUT2D eigenvalue weighted by molar-refractivity contribution is 0.671. The van der Waals surface area contributed by atoms with Gasteiger partial charge >= 0.3 is 0 Å². The molecule has 1 aliphatic heterocycles. The van der Waals surface area contributed by atoms with E-state index < -0.39 is 0 Å². The monoisotopic (exact) mass is 177 g/mol. The standard InChI is InChI=1S/C10H15N3/c1-8(2)13-7-6-11-9-4-3-5-12-10(9)13/h3-5,8,11H,6-7H2,1-2H3. The molecule has 0 unspecified atom stereocenters. The molecule has 0 bridgehead atoms. The SMILES string of the molecule is CC(C)N1CCNc2cccnc21. The predicted octanol–water partition coefficient (Wildman–Crippen LogP) is 1.72. The fraction of sp³-hybridized carbons (Fsp3) is 0.500. The van der Waals surface area contributed by atoms with E-state index in [4.69, 9.17) is 0 Å². The van der Waals surface area contributed by atoms with Crippen LogP contribution in [0.4, 0.5) is 11.5 Å². The molecule has 0 atom stereocenters. The van der Waals surface area contributed by atoms with Gasteiger partial charge in [-0.2, -0.15) is 0 Å². The summed E-state index contributed by atoms with van der Waals surface area (Å²) in [6.07, 6.45) is 1.85. The Hall–Kier alpha value is -1.25. The van der Waals surface area contributed by atoms with Crippen LogP contribution in [-0.4, -0.2) is 24.1 Å². The van der Waals surface area contributed by atoms with Gasteiger partial charge in [-0.1, -0.05) is 0 Å². The summed E-state index contributed by atoms with van der Waals surface area (Å²) >= 11 is 0. The van der Waals surface area contributed by atoms with Crippen LogP contribution in [-0.2, 0) is 0 Å². The summed E-state index contributed by atoms with van der Waals surface area (Å²) in [5.74, 6) is 1.09. The van der Waals surface area contributed by atoms with Gasteiger partial charge in [0, 0.05) is 25.3 Å². The van der Waals surface area contributed by atoms with Crippen molar-refractivity contribution in [3.63, 3.8) is 0 Å². The highest BCUT2D eigenvalue weighted by molar-refractivity contribution is 5.67. The molecular formula is C10H15N3. The van der Waals surface area contributed by atoms with Gasteiger partial charge in [0.15, 0.2) is 5.82 Å². The van der Waals surface area contributed by atoms with Gasteiger partial charge < -0.3 is 10.2 Å². The minimum absolute atomic E-state index is 0.524. The van der Waals surface area contributed by atoms with Crippen LogP contribution in [0, 0.1) is 0 Å². The number of hydrogen-bond donors (Lipinski definition) is 1. The molecule has 2 heterocycles. The van der Waals surface area contributed by atoms with E-state index in [0.29, 0.717) is 6.04 Å². The maximum Gasteiger partial charge on any atom is 0.152 e. The van der Waals surface area contributed by atoms with E-state index in [1.54, 1.807) is 0 Å². The molecule has 1 N–H and O–H groups in total. The van der Waals surface area contributed by atoms with Gasteiger partial charge in [0.25, 0.3) is 0 Å². The molecule has 1 aromatic heterocycles. The molecule has 0 aromatic carbocycles. The largest absolute Gasteiger partial charge is 0.380 e. The molecule has 13 heavy (non-hydrogen) atoms. The molecule has 70 valence electrons. The number of rotatable bonds is 1. The smallest absolute Gasteiger partial charge is 0.152 e. The minimum atomic E-state index is 0.524. The van der Waals surface area contributed by atoms with Gasteiger partial charge in [0.2, 0.25) is 0 Å². The first-order valence-corrected chi connectivity index (χ1v) is 4.74. The third-order valence-corrected chi connectivity index (χ3v) is 2.35. The van der Waals surface area contributed by atoms with Gasteiger partial charge in [-0.25, -0.2) is 4.98 Å². The van der Waals surface area contributed by atoms with Crippen molar-refractivity contribution in [2.45, 2.75) is 19.9 Å². The first kappa shape index (κ1) is 8.35. The highest BCUT2D eigenvalue weighted by Gasteiger charge is 2.18. The van der Waals surface area contributed by atoms with Crippen molar-refractivity contribution in [3.05, 3.63) is 18.3 Å². The van der Waals surface area contributed by atoms with Crippen molar-refractivity contribution < 1.29 is 0 Å². The average molecular weight is 177 g/mol. The summed E-state index contributed by atoms with van der Waals surface area (Å²) in [6, 6.07) is 4.57. The molecule has 0 fully saturated rings. The number of nitrogens with zero attached hydrogens (tertiary/aromatic N) is 2. The molecule has 1 aromatic rings. The quantitative estimate of drug-likeness (QED) is 0.708. The zero-order valence-electron chi connectivity index (χ0n) is 8.12. The van der Waals surface area contributed by atoms with Gasteiger partial charge in [0.1, 0.15) is 0 Å². The fourth-order valence-corrected chi connectivity index (χ4v) is 1.68. The Balaban J connectivity index is 2.37. The summed E-state index contributed by atoms with van der Waals surface area (Å²) in [5.41, 5.74) is 1.16. The van der Waals surface area contributed by atoms with Crippen molar-refractivity contribution in [2.75, 3.05) is 23.3 Å². The van der Waals surface area contributed by atoms with E-state index in [1.807, 2.05) is 12.3 Å². The zero-order valence-corrected chi connectivity index (χ0v) is 8.12. The number of anilines is 2. The van der Waals surface area contributed by atoms with E-state index in [0.717, 1.165) is 24.6 Å². The second-order valence-electron chi connectivity index (χ2n) is 3.59. The summed E-state index contributed by atoms with van der Waals surface area (Å²) in [6.45, 7) is 6.45. The molecule has 0 saturated heterocycles. The molecule has 1 aliphatic rings. The number of aromatic nitrogens is 1. The molecule has 3 heteroatoms. The van der Waals surface area contributed by atoms with Crippen LogP contribution in [0.5, 0.6) is 0 Å². The van der Waals surface area contributed by atoms with Crippen LogP contribution < -0.4 is 10.2 Å². The van der Waals surface area contributed by atoms with Crippen LogP contribution in [0.15, 0.2) is 18.3 Å². The summed E-state index contributed by atoms with van der Waals surface area (Å²) in [4.78, 5) is 6.71. The molecule has 0 radical (unpaired) electrons. The van der Waals surface area contributed by atoms with Crippen LogP contribution >= 0.6 is 0 Å². The lowest BCUT2D eigenvalue weighted by Gasteiger charge is -2.33. The topological polar surface area (TPSA) is 28.2 Å². The summed E-state index contributed by atoms with van der Waals surface area (Å²) < 4.78 is 0. The summed E-state index contributed by atoms with van der Waals surface area (Å²) in [7, 11) is 0. The number of fused-ring (bicyclic) bond motifs is 1. The van der Waals surface area contributed by atoms with Gasteiger partial charge in [-0.05, 0) is 26.0 Å². The Kier molecular flexibility index (Phi) is 2.08. The van der Waals surface area contributed by atoms with Crippen LogP contribution in [0.1, 0.15) is 13.8 Å². The molecule has 0 saturated carbocycles. The van der Waals surface area contributed by atoms with Gasteiger partial charge in [0.05, 0.1) is 5.69 Å². The minimum Gasteiger partial charge on any atom is -0.380 e. The van der Waals surface area contributed by atoms with Crippen molar-refractivity contribution in [1.82, 2.24) is 4.98 Å². The predicted molar refractivity (Wildman–Crippen MR) is 55.2 cm³/mol. The highest BCUT2D eigenvalue weighted by atomic mass is 15.3. The lowest BCUT2D eigenvalue weighted by Crippen LogP contribution is -2.39. The Morgan fingerprint density at radius 2 is 2.38 bits per heavy atom. The lowest BCUT2D eigenvalue weighted by atomic mass is 10.2. The van der Waals surface area contributed by atoms with Crippen molar-refractivity contribution >= 4 is 11.5 Å². The first-order chi connectivity index (χ1) is 6.29. The van der Waals surface area contributed by atoms with Gasteiger partial charge in [-0.15, -0.1) is 0 Å². The van der Waals surface area contributed by atoms with Gasteiger partial charge in [-0.3, -0.25) is 0 Å². The van der Waals surface area contributed by atoms with Crippen LogP contribution in [0.2, 0.25) is 0 Å². The fourth-order valence-electron chi connectivity index (χ4n) is 1.68. The Morgan fingerprint density at radius 3 is 3.15 bits per heavy atom. The van der Waals surface area contributed by atoms with Crippen molar-refractivity contribution in [3.8, 4) is 0 Å². The maximum absolute atomic E-state index is 4.39. The Labute approximate surface area is 78.8 Å². The molecule has 2 rings (SSSR count). The van der Waals surface area contributed by atoms with Crippen LogP contribution in [0.3, 0.4) is 0 Å². The average Bonchev–Trinajstić information content (AvgIpc) is 2.17. The Bertz CT molecular complexity index is 296. The van der Waals surface area contributed by atoms with Crippen molar-refractivity contribution in [1.29, 1.82) is 0 Å². The van der Waals surface area contributed by atoms with Crippen LogP contribution in [0.25, 0.3) is 0 Å². The van der Waals surface area contributed by atoms with E-state index in [1.165, 1.54) is 0 Å². The molecular weight excluding hydrogens is 162 g/mol. The number of hydrogen-bond acceptors (Lipinski definition) is 3. The second-order valence-corrected chi connectivity index (χ2v) is 3.59. The normalized spacial score (nSPS) is 15.5. The number of nitrogens with one attached hydrogen (secondary N) is 1. The highest BCUT2D eigenvalue weighted by Crippen LogP contribution is 2.26. The van der Waals surface area contributed by atoms with E-state index in [2.05, 4.69) is 35.1 Å². The molecule has 0 amide bonds. The Morgan fingerprint density at radius 1 is 1.54 bits per heavy atom. The third-order valence-electron chi connectivity index (χ3n) is 2.35. The van der Waals surface area contributed by atoms with E-state index in [-0.39, 0.29) is 0 Å². The van der Waals surface area contributed by atoms with E-state index >= 15 is 0 Å². The summed E-state index contributed by atoms with van der Waals surface area (Å²) in [5, 5.41) is 3.34. The molecule has 0 aliphatic carbocycles. The second kappa shape index (κ2) is 3.24. The third kappa shape index (κ3) is 1.46. The molecule has 0 spiro atoms. The first-order valence-electron chi connectivity index (χ1n) is 4.74.